The summed E-state index contributed by atoms with van der Waals surface area (Å²) >= 11 is 12.6. The summed E-state index contributed by atoms with van der Waals surface area (Å²) in [7, 11) is 2.88. The molecule has 1 fully saturated rings. The second-order valence-corrected chi connectivity index (χ2v) is 7.38. The summed E-state index contributed by atoms with van der Waals surface area (Å²) in [5.41, 5.74) is 1.26. The van der Waals surface area contributed by atoms with E-state index in [1.807, 2.05) is 0 Å². The Hall–Kier alpha value is -2.22. The maximum Gasteiger partial charge on any atom is 0.270 e. The van der Waals surface area contributed by atoms with Crippen LogP contribution in [0.3, 0.4) is 0 Å². The molecule has 0 radical (unpaired) electrons. The van der Waals surface area contributed by atoms with Gasteiger partial charge in [0, 0.05) is 5.02 Å². The van der Waals surface area contributed by atoms with Crippen molar-refractivity contribution in [3.8, 4) is 17.2 Å². The average molecular weight is 408 g/mol. The molecule has 0 saturated carbocycles. The fourth-order valence-electron chi connectivity index (χ4n) is 2.45. The number of amides is 1. The van der Waals surface area contributed by atoms with E-state index in [-0.39, 0.29) is 23.2 Å². The number of carbonyl (C=O) groups excluding carboxylic acids is 1. The van der Waals surface area contributed by atoms with Gasteiger partial charge in [0.15, 0.2) is 15.8 Å². The number of methoxy groups -OCH3 is 2. The number of aromatic hydroxyl groups is 1. The van der Waals surface area contributed by atoms with Crippen molar-refractivity contribution in [1.82, 2.24) is 0 Å². The molecule has 1 amide bonds. The van der Waals surface area contributed by atoms with Gasteiger partial charge in [-0.25, -0.2) is 0 Å². The number of benzene rings is 2. The molecule has 3 rings (SSSR count). The van der Waals surface area contributed by atoms with Crippen LogP contribution in [-0.2, 0) is 4.79 Å². The van der Waals surface area contributed by atoms with Crippen LogP contribution in [0.15, 0.2) is 41.3 Å². The molecule has 134 valence electrons. The zero-order chi connectivity index (χ0) is 18.8. The predicted octanol–water partition coefficient (Wildman–Crippen LogP) is 4.47. The van der Waals surface area contributed by atoms with E-state index in [0.29, 0.717) is 25.5 Å². The molecule has 1 saturated heterocycles. The highest BCUT2D eigenvalue weighted by Crippen LogP contribution is 2.40. The normalized spacial score (nSPS) is 15.7. The number of phenolic OH excluding ortho intramolecular Hbond substituents is 1. The van der Waals surface area contributed by atoms with E-state index in [2.05, 4.69) is 0 Å². The van der Waals surface area contributed by atoms with Crippen LogP contribution in [0.25, 0.3) is 6.08 Å². The van der Waals surface area contributed by atoms with Crippen molar-refractivity contribution in [2.75, 3.05) is 19.1 Å². The Bertz CT molecular complexity index is 904. The monoisotopic (exact) mass is 407 g/mol. The Morgan fingerprint density at radius 3 is 2.42 bits per heavy atom. The Kier molecular flexibility index (Phi) is 5.41. The van der Waals surface area contributed by atoms with Crippen LogP contribution in [0.1, 0.15) is 5.56 Å². The number of hydrogen-bond acceptors (Lipinski definition) is 6. The van der Waals surface area contributed by atoms with Gasteiger partial charge in [-0.2, -0.15) is 0 Å². The van der Waals surface area contributed by atoms with E-state index in [1.54, 1.807) is 42.5 Å². The van der Waals surface area contributed by atoms with Crippen molar-refractivity contribution in [2.24, 2.45) is 0 Å². The number of rotatable bonds is 4. The lowest BCUT2D eigenvalue weighted by Gasteiger charge is -2.14. The van der Waals surface area contributed by atoms with Gasteiger partial charge in [-0.15, -0.1) is 0 Å². The summed E-state index contributed by atoms with van der Waals surface area (Å²) in [5, 5.41) is 10.5. The van der Waals surface area contributed by atoms with Crippen molar-refractivity contribution in [3.63, 3.8) is 0 Å². The molecule has 1 N–H and O–H groups in total. The highest BCUT2D eigenvalue weighted by atomic mass is 35.5. The van der Waals surface area contributed by atoms with Crippen molar-refractivity contribution in [3.05, 3.63) is 51.9 Å². The SMILES string of the molecule is COc1cc(/C=C2\SC(=S)N(c3cccc(Cl)c3)C2=O)cc(OC)c1O. The van der Waals surface area contributed by atoms with Gasteiger partial charge in [-0.1, -0.05) is 41.6 Å². The first kappa shape index (κ1) is 18.6. The molecule has 1 aliphatic rings. The third-order valence-corrected chi connectivity index (χ3v) is 5.20. The van der Waals surface area contributed by atoms with Crippen molar-refractivity contribution in [1.29, 1.82) is 0 Å². The first-order valence-corrected chi connectivity index (χ1v) is 9.03. The highest BCUT2D eigenvalue weighted by molar-refractivity contribution is 8.27. The Morgan fingerprint density at radius 1 is 1.19 bits per heavy atom. The minimum absolute atomic E-state index is 0.0985. The number of hydrogen-bond donors (Lipinski definition) is 1. The van der Waals surface area contributed by atoms with E-state index in [0.717, 1.165) is 0 Å². The Balaban J connectivity index is 1.98. The first-order valence-electron chi connectivity index (χ1n) is 7.43. The van der Waals surface area contributed by atoms with Crippen LogP contribution in [0.2, 0.25) is 5.02 Å². The molecule has 0 aromatic heterocycles. The molecule has 2 aromatic rings. The van der Waals surface area contributed by atoms with Crippen LogP contribution in [0.5, 0.6) is 17.2 Å². The van der Waals surface area contributed by atoms with Gasteiger partial charge in [0.2, 0.25) is 5.75 Å². The maximum atomic E-state index is 12.8. The summed E-state index contributed by atoms with van der Waals surface area (Å²) in [4.78, 5) is 14.7. The molecule has 0 bridgehead atoms. The lowest BCUT2D eigenvalue weighted by Crippen LogP contribution is -2.27. The molecule has 2 aromatic carbocycles. The van der Waals surface area contributed by atoms with Gasteiger partial charge in [-0.05, 0) is 42.0 Å². The lowest BCUT2D eigenvalue weighted by atomic mass is 10.1. The first-order chi connectivity index (χ1) is 12.4. The smallest absolute Gasteiger partial charge is 0.270 e. The van der Waals surface area contributed by atoms with Crippen molar-refractivity contribution >= 4 is 57.6 Å². The summed E-state index contributed by atoms with van der Waals surface area (Å²) < 4.78 is 10.7. The highest BCUT2D eigenvalue weighted by Gasteiger charge is 2.33. The van der Waals surface area contributed by atoms with Gasteiger partial charge >= 0.3 is 0 Å². The van der Waals surface area contributed by atoms with E-state index in [4.69, 9.17) is 33.3 Å². The second kappa shape index (κ2) is 7.57. The molecule has 1 aliphatic heterocycles. The molecular weight excluding hydrogens is 394 g/mol. The van der Waals surface area contributed by atoms with Crippen molar-refractivity contribution in [2.45, 2.75) is 0 Å². The Morgan fingerprint density at radius 2 is 1.85 bits per heavy atom. The summed E-state index contributed by atoms with van der Waals surface area (Å²) in [5.74, 6) is 0.161. The summed E-state index contributed by atoms with van der Waals surface area (Å²) in [6, 6.07) is 10.2. The largest absolute Gasteiger partial charge is 0.502 e. The number of anilines is 1. The van der Waals surface area contributed by atoms with Crippen LogP contribution in [0.4, 0.5) is 5.69 Å². The summed E-state index contributed by atoms with van der Waals surface area (Å²) in [6.07, 6.45) is 1.67. The van der Waals surface area contributed by atoms with Gasteiger partial charge in [0.25, 0.3) is 5.91 Å². The van der Waals surface area contributed by atoms with Crippen LogP contribution in [-0.4, -0.2) is 29.6 Å². The lowest BCUT2D eigenvalue weighted by molar-refractivity contribution is -0.113. The maximum absolute atomic E-state index is 12.8. The molecular formula is C18H14ClNO4S2. The quantitative estimate of drug-likeness (QED) is 0.596. The second-order valence-electron chi connectivity index (χ2n) is 5.27. The number of halogens is 1. The number of ether oxygens (including phenoxy) is 2. The van der Waals surface area contributed by atoms with Gasteiger partial charge in [-0.3, -0.25) is 9.69 Å². The zero-order valence-electron chi connectivity index (χ0n) is 13.9. The van der Waals surface area contributed by atoms with E-state index in [1.165, 1.54) is 30.9 Å². The standard InChI is InChI=1S/C18H14ClNO4S2/c1-23-13-6-10(7-14(24-2)16(13)21)8-15-17(22)20(18(25)26-15)12-5-3-4-11(19)9-12/h3-9,21H,1-2H3/b15-8-. The van der Waals surface area contributed by atoms with Crippen molar-refractivity contribution < 1.29 is 19.4 Å². The fraction of sp³-hybridized carbons (Fsp3) is 0.111. The van der Waals surface area contributed by atoms with Crippen LogP contribution < -0.4 is 14.4 Å². The molecule has 0 aliphatic carbocycles. The number of carbonyl (C=O) groups is 1. The minimum Gasteiger partial charge on any atom is -0.502 e. The molecule has 26 heavy (non-hydrogen) atoms. The zero-order valence-corrected chi connectivity index (χ0v) is 16.2. The van der Waals surface area contributed by atoms with Gasteiger partial charge < -0.3 is 14.6 Å². The van der Waals surface area contributed by atoms with Crippen LogP contribution in [0, 0.1) is 0 Å². The Labute approximate surface area is 165 Å². The average Bonchev–Trinajstić information content (AvgIpc) is 2.89. The molecule has 8 heteroatoms. The number of thiocarbonyl (C=S) groups is 1. The molecule has 0 unspecified atom stereocenters. The number of phenols is 1. The molecule has 0 atom stereocenters. The third kappa shape index (κ3) is 3.51. The topological polar surface area (TPSA) is 59.0 Å². The predicted molar refractivity (Wildman–Crippen MR) is 108 cm³/mol. The van der Waals surface area contributed by atoms with Crippen LogP contribution >= 0.6 is 35.6 Å². The minimum atomic E-state index is -0.242. The van der Waals surface area contributed by atoms with E-state index < -0.39 is 0 Å². The number of thioether (sulfide) groups is 1. The molecule has 0 spiro atoms. The fourth-order valence-corrected chi connectivity index (χ4v) is 3.94. The number of nitrogens with zero attached hydrogens (tertiary/aromatic N) is 1. The molecule has 1 heterocycles. The molecule has 5 nitrogen and oxygen atoms in total. The summed E-state index contributed by atoms with van der Waals surface area (Å²) in [6.45, 7) is 0. The van der Waals surface area contributed by atoms with Gasteiger partial charge in [0.05, 0.1) is 24.8 Å². The van der Waals surface area contributed by atoms with Gasteiger partial charge in [0.1, 0.15) is 0 Å². The van der Waals surface area contributed by atoms with E-state index >= 15 is 0 Å². The third-order valence-electron chi connectivity index (χ3n) is 3.66. The van der Waals surface area contributed by atoms with E-state index in [9.17, 15) is 9.90 Å².